The van der Waals surface area contributed by atoms with Crippen LogP contribution in [0.2, 0.25) is 0 Å². The topological polar surface area (TPSA) is 79.3 Å². The van der Waals surface area contributed by atoms with E-state index in [1.807, 2.05) is 37.3 Å². The number of nitrogens with zero attached hydrogens (tertiary/aromatic N) is 2. The van der Waals surface area contributed by atoms with Crippen LogP contribution in [0, 0.1) is 6.92 Å². The number of aliphatic hydroxyl groups is 1. The molecule has 1 saturated heterocycles. The van der Waals surface area contributed by atoms with Gasteiger partial charge in [0.2, 0.25) is 0 Å². The predicted molar refractivity (Wildman–Crippen MR) is 121 cm³/mol. The third-order valence-corrected chi connectivity index (χ3v) is 5.96. The van der Waals surface area contributed by atoms with E-state index >= 15 is 0 Å². The number of aliphatic hydroxyl groups excluding tert-OH is 1. The van der Waals surface area contributed by atoms with Gasteiger partial charge < -0.3 is 19.5 Å². The number of hydrogen-bond acceptors (Lipinski definition) is 5. The number of piperidine rings is 1. The van der Waals surface area contributed by atoms with Crippen molar-refractivity contribution in [3.05, 3.63) is 71.8 Å². The summed E-state index contributed by atoms with van der Waals surface area (Å²) >= 11 is 0. The second-order valence-electron chi connectivity index (χ2n) is 8.12. The van der Waals surface area contributed by atoms with Crippen molar-refractivity contribution in [2.24, 2.45) is 0 Å². The SMILES string of the molecule is C=CCOC(=O)N1c2cc(OCc3ccccc3)c(C)cc2C(=O)N2CCCC[C@H]2C1O. The standard InChI is InChI=1S/C25H28N2O5/c1-3-13-31-25(30)27-21-15-22(32-16-18-9-5-4-6-10-18)17(2)14-19(21)23(28)26-12-8-7-11-20(26)24(27)29/h3-6,9-10,14-15,20,24,29H,1,7-8,11-13,16H2,2H3/t20-,24?/m0/s1. The average molecular weight is 437 g/mol. The van der Waals surface area contributed by atoms with Gasteiger partial charge in [-0.2, -0.15) is 0 Å². The molecule has 0 bridgehead atoms. The van der Waals surface area contributed by atoms with Crippen LogP contribution in [0.15, 0.2) is 55.1 Å². The molecule has 2 aliphatic heterocycles. The number of carbonyl (C=O) groups is 2. The summed E-state index contributed by atoms with van der Waals surface area (Å²) in [6.45, 7) is 6.33. The van der Waals surface area contributed by atoms with Gasteiger partial charge in [0.1, 0.15) is 19.0 Å². The van der Waals surface area contributed by atoms with Gasteiger partial charge in [-0.05, 0) is 43.4 Å². The molecule has 0 radical (unpaired) electrons. The highest BCUT2D eigenvalue weighted by molar-refractivity contribution is 6.05. The summed E-state index contributed by atoms with van der Waals surface area (Å²) in [5.74, 6) is 0.342. The zero-order chi connectivity index (χ0) is 22.7. The van der Waals surface area contributed by atoms with E-state index in [9.17, 15) is 14.7 Å². The summed E-state index contributed by atoms with van der Waals surface area (Å²) < 4.78 is 11.3. The quantitative estimate of drug-likeness (QED) is 0.716. The first-order valence-corrected chi connectivity index (χ1v) is 10.9. The molecule has 2 atom stereocenters. The summed E-state index contributed by atoms with van der Waals surface area (Å²) in [4.78, 5) is 29.2. The highest BCUT2D eigenvalue weighted by atomic mass is 16.6. The van der Waals surface area contributed by atoms with E-state index in [-0.39, 0.29) is 12.5 Å². The Bertz CT molecular complexity index is 1010. The molecule has 4 rings (SSSR count). The van der Waals surface area contributed by atoms with Crippen molar-refractivity contribution in [3.63, 3.8) is 0 Å². The van der Waals surface area contributed by atoms with Crippen molar-refractivity contribution >= 4 is 17.7 Å². The zero-order valence-corrected chi connectivity index (χ0v) is 18.2. The molecule has 1 N–H and O–H groups in total. The molecule has 2 amide bonds. The van der Waals surface area contributed by atoms with Gasteiger partial charge in [-0.25, -0.2) is 9.69 Å². The molecule has 2 aromatic rings. The van der Waals surface area contributed by atoms with Crippen LogP contribution in [0.1, 0.15) is 40.7 Å². The van der Waals surface area contributed by atoms with Gasteiger partial charge in [0, 0.05) is 12.6 Å². The Kier molecular flexibility index (Phi) is 6.46. The monoisotopic (exact) mass is 436 g/mol. The van der Waals surface area contributed by atoms with E-state index < -0.39 is 18.4 Å². The van der Waals surface area contributed by atoms with Crippen molar-refractivity contribution in [1.82, 2.24) is 4.90 Å². The summed E-state index contributed by atoms with van der Waals surface area (Å²) in [6.07, 6.45) is 1.87. The Morgan fingerprint density at radius 2 is 2.03 bits per heavy atom. The highest BCUT2D eigenvalue weighted by Gasteiger charge is 2.43. The largest absolute Gasteiger partial charge is 0.489 e. The molecule has 2 heterocycles. The van der Waals surface area contributed by atoms with Crippen molar-refractivity contribution in [3.8, 4) is 5.75 Å². The number of amides is 2. The van der Waals surface area contributed by atoms with Gasteiger partial charge in [0.25, 0.3) is 5.91 Å². The fourth-order valence-corrected chi connectivity index (χ4v) is 4.33. The number of hydrogen-bond donors (Lipinski definition) is 1. The van der Waals surface area contributed by atoms with Gasteiger partial charge in [-0.3, -0.25) is 4.79 Å². The smallest absolute Gasteiger partial charge is 0.416 e. The van der Waals surface area contributed by atoms with Crippen LogP contribution in [0.3, 0.4) is 0 Å². The Morgan fingerprint density at radius 1 is 1.25 bits per heavy atom. The van der Waals surface area contributed by atoms with E-state index in [2.05, 4.69) is 6.58 Å². The Balaban J connectivity index is 1.75. The molecule has 1 unspecified atom stereocenters. The van der Waals surface area contributed by atoms with Crippen LogP contribution in [-0.4, -0.2) is 47.4 Å². The van der Waals surface area contributed by atoms with E-state index in [0.717, 1.165) is 24.0 Å². The summed E-state index contributed by atoms with van der Waals surface area (Å²) in [6, 6.07) is 12.6. The minimum absolute atomic E-state index is 0.00292. The molecule has 168 valence electrons. The van der Waals surface area contributed by atoms with Crippen molar-refractivity contribution in [1.29, 1.82) is 0 Å². The maximum Gasteiger partial charge on any atom is 0.416 e. The lowest BCUT2D eigenvalue weighted by atomic mass is 10.00. The highest BCUT2D eigenvalue weighted by Crippen LogP contribution is 2.38. The molecular formula is C25H28N2O5. The number of carbonyl (C=O) groups excluding carboxylic acids is 2. The second-order valence-corrected chi connectivity index (χ2v) is 8.12. The molecule has 7 nitrogen and oxygen atoms in total. The van der Waals surface area contributed by atoms with E-state index in [0.29, 0.717) is 36.6 Å². The number of benzene rings is 2. The molecule has 0 aromatic heterocycles. The first kappa shape index (κ1) is 21.9. The Morgan fingerprint density at radius 3 is 2.78 bits per heavy atom. The maximum absolute atomic E-state index is 13.4. The van der Waals surface area contributed by atoms with Crippen LogP contribution < -0.4 is 9.64 Å². The summed E-state index contributed by atoms with van der Waals surface area (Å²) in [5, 5.41) is 11.2. The van der Waals surface area contributed by atoms with E-state index in [4.69, 9.17) is 9.47 Å². The zero-order valence-electron chi connectivity index (χ0n) is 18.2. The van der Waals surface area contributed by atoms with Crippen LogP contribution in [0.5, 0.6) is 5.75 Å². The lowest BCUT2D eigenvalue weighted by Crippen LogP contribution is -2.55. The molecule has 32 heavy (non-hydrogen) atoms. The minimum atomic E-state index is -1.22. The molecule has 2 aromatic carbocycles. The average Bonchev–Trinajstić information content (AvgIpc) is 2.90. The van der Waals surface area contributed by atoms with Gasteiger partial charge >= 0.3 is 6.09 Å². The summed E-state index contributed by atoms with van der Waals surface area (Å²) in [7, 11) is 0. The van der Waals surface area contributed by atoms with Gasteiger partial charge in [0.05, 0.1) is 17.3 Å². The maximum atomic E-state index is 13.4. The van der Waals surface area contributed by atoms with Crippen LogP contribution in [0.25, 0.3) is 0 Å². The van der Waals surface area contributed by atoms with Gasteiger partial charge in [-0.1, -0.05) is 43.0 Å². The fourth-order valence-electron chi connectivity index (χ4n) is 4.33. The normalized spacial score (nSPS) is 20.1. The number of rotatable bonds is 5. The molecule has 0 saturated carbocycles. The predicted octanol–water partition coefficient (Wildman–Crippen LogP) is 4.03. The lowest BCUT2D eigenvalue weighted by Gasteiger charge is -2.38. The number of anilines is 1. The van der Waals surface area contributed by atoms with Crippen LogP contribution in [0.4, 0.5) is 10.5 Å². The Hall–Kier alpha value is -3.32. The first-order valence-electron chi connectivity index (χ1n) is 10.9. The molecular weight excluding hydrogens is 408 g/mol. The minimum Gasteiger partial charge on any atom is -0.489 e. The Labute approximate surface area is 187 Å². The molecule has 2 aliphatic rings. The third-order valence-electron chi connectivity index (χ3n) is 5.96. The number of aryl methyl sites for hydroxylation is 1. The van der Waals surface area contributed by atoms with Crippen molar-refractivity contribution in [2.45, 2.75) is 45.1 Å². The first-order chi connectivity index (χ1) is 15.5. The van der Waals surface area contributed by atoms with E-state index in [1.165, 1.54) is 11.0 Å². The molecule has 0 spiro atoms. The number of fused-ring (bicyclic) bond motifs is 2. The van der Waals surface area contributed by atoms with Crippen molar-refractivity contribution < 1.29 is 24.2 Å². The fraction of sp³-hybridized carbons (Fsp3) is 0.360. The molecule has 1 fully saturated rings. The van der Waals surface area contributed by atoms with Crippen LogP contribution >= 0.6 is 0 Å². The lowest BCUT2D eigenvalue weighted by molar-refractivity contribution is 0.0234. The van der Waals surface area contributed by atoms with Crippen molar-refractivity contribution in [2.75, 3.05) is 18.1 Å². The molecule has 0 aliphatic carbocycles. The van der Waals surface area contributed by atoms with E-state index in [1.54, 1.807) is 17.0 Å². The number of ether oxygens (including phenoxy) is 2. The van der Waals surface area contributed by atoms with Gasteiger partial charge in [-0.15, -0.1) is 0 Å². The summed E-state index contributed by atoms with van der Waals surface area (Å²) in [5.41, 5.74) is 2.42. The third kappa shape index (κ3) is 4.21. The van der Waals surface area contributed by atoms with Crippen LogP contribution in [-0.2, 0) is 11.3 Å². The second kappa shape index (κ2) is 9.44. The molecule has 7 heteroatoms. The van der Waals surface area contributed by atoms with Gasteiger partial charge in [0.15, 0.2) is 6.23 Å².